The lowest BCUT2D eigenvalue weighted by Gasteiger charge is -2.34. The highest BCUT2D eigenvalue weighted by Gasteiger charge is 2.31. The molecule has 9 nitrogen and oxygen atoms in total. The van der Waals surface area contributed by atoms with Crippen molar-refractivity contribution in [1.29, 1.82) is 0 Å². The number of aliphatic hydroxyl groups excluding tert-OH is 1. The van der Waals surface area contributed by atoms with Crippen LogP contribution in [0, 0.1) is 11.8 Å². The molecule has 1 fully saturated rings. The summed E-state index contributed by atoms with van der Waals surface area (Å²) in [6.07, 6.45) is 9.61. The molecule has 1 aliphatic carbocycles. The first-order valence-corrected chi connectivity index (χ1v) is 14.6. The second-order valence-corrected chi connectivity index (χ2v) is 11.6. The van der Waals surface area contributed by atoms with Gasteiger partial charge in [-0.25, -0.2) is 4.79 Å². The van der Waals surface area contributed by atoms with Gasteiger partial charge in [-0.15, -0.1) is 0 Å². The van der Waals surface area contributed by atoms with E-state index >= 15 is 0 Å². The predicted octanol–water partition coefficient (Wildman–Crippen LogP) is 4.06. The quantitative estimate of drug-likeness (QED) is 0.434. The highest BCUT2D eigenvalue weighted by molar-refractivity contribution is 5.90. The Morgan fingerprint density at radius 1 is 1.20 bits per heavy atom. The number of carbonyl (C=O) groups excluding carboxylic acids is 2. The number of urea groups is 1. The molecule has 40 heavy (non-hydrogen) atoms. The third-order valence-electron chi connectivity index (χ3n) is 8.14. The van der Waals surface area contributed by atoms with Crippen molar-refractivity contribution in [1.82, 2.24) is 20.1 Å². The Kier molecular flexibility index (Phi) is 10.8. The molecule has 218 valence electrons. The zero-order chi connectivity index (χ0) is 28.5. The summed E-state index contributed by atoms with van der Waals surface area (Å²) < 4.78 is 6.61. The molecule has 0 spiro atoms. The van der Waals surface area contributed by atoms with Crippen LogP contribution in [0.25, 0.3) is 0 Å². The zero-order valence-corrected chi connectivity index (χ0v) is 24.1. The van der Waals surface area contributed by atoms with Crippen molar-refractivity contribution >= 4 is 17.6 Å². The maximum absolute atomic E-state index is 13.5. The topological polar surface area (TPSA) is 107 Å². The summed E-state index contributed by atoms with van der Waals surface area (Å²) in [6.45, 7) is 6.41. The molecule has 0 saturated heterocycles. The van der Waals surface area contributed by atoms with Gasteiger partial charge in [-0.2, -0.15) is 0 Å². The average molecular weight is 552 g/mol. The number of carbonyl (C=O) groups is 2. The van der Waals surface area contributed by atoms with Crippen molar-refractivity contribution < 1.29 is 19.4 Å². The van der Waals surface area contributed by atoms with Gasteiger partial charge in [0.15, 0.2) is 0 Å². The number of rotatable bonds is 9. The van der Waals surface area contributed by atoms with E-state index in [1.807, 2.05) is 37.3 Å². The van der Waals surface area contributed by atoms with E-state index in [1.165, 1.54) is 32.1 Å². The van der Waals surface area contributed by atoms with E-state index in [0.717, 1.165) is 17.7 Å². The number of aliphatic hydroxyl groups is 1. The minimum atomic E-state index is -0.307. The molecular weight excluding hydrogens is 506 g/mol. The maximum atomic E-state index is 13.5. The van der Waals surface area contributed by atoms with Gasteiger partial charge in [-0.05, 0) is 68.6 Å². The van der Waals surface area contributed by atoms with E-state index in [-0.39, 0.29) is 43.0 Å². The van der Waals surface area contributed by atoms with Gasteiger partial charge in [0.05, 0.1) is 19.1 Å². The second-order valence-electron chi connectivity index (χ2n) is 11.6. The van der Waals surface area contributed by atoms with Gasteiger partial charge in [0, 0.05) is 55.7 Å². The van der Waals surface area contributed by atoms with Gasteiger partial charge in [0.2, 0.25) is 5.91 Å². The van der Waals surface area contributed by atoms with Crippen molar-refractivity contribution in [2.75, 3.05) is 38.6 Å². The Balaban J connectivity index is 1.50. The third kappa shape index (κ3) is 8.41. The number of benzene rings is 1. The Morgan fingerprint density at radius 2 is 1.95 bits per heavy atom. The van der Waals surface area contributed by atoms with Crippen LogP contribution in [0.2, 0.25) is 0 Å². The summed E-state index contributed by atoms with van der Waals surface area (Å²) in [5.41, 5.74) is 2.51. The number of aromatic nitrogens is 1. The van der Waals surface area contributed by atoms with Crippen LogP contribution < -0.4 is 15.4 Å². The lowest BCUT2D eigenvalue weighted by Crippen LogP contribution is -2.47. The van der Waals surface area contributed by atoms with Crippen molar-refractivity contribution in [3.05, 3.63) is 53.9 Å². The number of amides is 3. The van der Waals surface area contributed by atoms with Gasteiger partial charge in [-0.1, -0.05) is 26.2 Å². The fourth-order valence-electron chi connectivity index (χ4n) is 5.70. The number of nitrogens with zero attached hydrogens (tertiary/aromatic N) is 3. The number of fused-ring (bicyclic) bond motifs is 1. The molecule has 0 unspecified atom stereocenters. The van der Waals surface area contributed by atoms with Gasteiger partial charge in [0.25, 0.3) is 0 Å². The summed E-state index contributed by atoms with van der Waals surface area (Å²) in [5.74, 6) is 1.14. The van der Waals surface area contributed by atoms with Crippen molar-refractivity contribution in [3.8, 4) is 5.75 Å². The third-order valence-corrected chi connectivity index (χ3v) is 8.14. The molecule has 0 bridgehead atoms. The van der Waals surface area contributed by atoms with Gasteiger partial charge in [-0.3, -0.25) is 14.7 Å². The van der Waals surface area contributed by atoms with Crippen LogP contribution in [-0.2, 0) is 17.8 Å². The lowest BCUT2D eigenvalue weighted by molar-refractivity contribution is -0.134. The van der Waals surface area contributed by atoms with E-state index < -0.39 is 0 Å². The van der Waals surface area contributed by atoms with E-state index in [0.29, 0.717) is 37.0 Å². The molecule has 1 aromatic heterocycles. The minimum Gasteiger partial charge on any atom is -0.488 e. The van der Waals surface area contributed by atoms with Crippen molar-refractivity contribution in [3.63, 3.8) is 0 Å². The summed E-state index contributed by atoms with van der Waals surface area (Å²) in [7, 11) is 2.06. The first-order chi connectivity index (χ1) is 19.3. The highest BCUT2D eigenvalue weighted by Crippen LogP contribution is 2.29. The monoisotopic (exact) mass is 551 g/mol. The van der Waals surface area contributed by atoms with E-state index in [1.54, 1.807) is 17.3 Å². The number of hydrogen-bond acceptors (Lipinski definition) is 6. The summed E-state index contributed by atoms with van der Waals surface area (Å²) in [6, 6.07) is 8.98. The molecule has 4 rings (SSSR count). The molecular formula is C31H45N5O4. The molecule has 1 saturated carbocycles. The smallest absolute Gasteiger partial charge is 0.319 e. The van der Waals surface area contributed by atoms with Crippen molar-refractivity contribution in [2.24, 2.45) is 11.8 Å². The Hall–Kier alpha value is -3.17. The Bertz CT molecular complexity index is 1110. The van der Waals surface area contributed by atoms with E-state index in [9.17, 15) is 14.7 Å². The van der Waals surface area contributed by atoms with Crippen LogP contribution in [-0.4, -0.2) is 77.3 Å². The number of pyridine rings is 1. The maximum Gasteiger partial charge on any atom is 0.319 e. The van der Waals surface area contributed by atoms with Crippen LogP contribution in [0.5, 0.6) is 5.75 Å². The molecule has 2 aromatic rings. The molecule has 1 aromatic carbocycles. The fourth-order valence-corrected chi connectivity index (χ4v) is 5.70. The first kappa shape index (κ1) is 29.8. The molecule has 0 radical (unpaired) electrons. The fraction of sp³-hybridized carbons (Fsp3) is 0.581. The SMILES string of the molecule is C[C@@H]1CN([C@@H](C)CO)C(=O)Cc2cc(NC(=O)NCC3CCCCC3)ccc2O[C@H]1CN(C)Cc1ccncc1. The van der Waals surface area contributed by atoms with E-state index in [4.69, 9.17) is 4.74 Å². The Morgan fingerprint density at radius 3 is 2.67 bits per heavy atom. The number of hydrogen-bond donors (Lipinski definition) is 3. The van der Waals surface area contributed by atoms with Crippen molar-refractivity contribution in [2.45, 2.75) is 71.1 Å². The molecule has 3 N–H and O–H groups in total. The van der Waals surface area contributed by atoms with Gasteiger partial charge >= 0.3 is 6.03 Å². The molecule has 3 atom stereocenters. The van der Waals surface area contributed by atoms with Gasteiger partial charge in [0.1, 0.15) is 11.9 Å². The normalized spacial score (nSPS) is 21.0. The molecule has 1 aliphatic heterocycles. The zero-order valence-electron chi connectivity index (χ0n) is 24.1. The van der Waals surface area contributed by atoms with Crippen LogP contribution in [0.4, 0.5) is 10.5 Å². The molecule has 2 aliphatic rings. The first-order valence-electron chi connectivity index (χ1n) is 14.6. The van der Waals surface area contributed by atoms with E-state index in [2.05, 4.69) is 34.5 Å². The predicted molar refractivity (Wildman–Crippen MR) is 156 cm³/mol. The summed E-state index contributed by atoms with van der Waals surface area (Å²) in [4.78, 5) is 34.2. The van der Waals surface area contributed by atoms with Crippen LogP contribution in [0.15, 0.2) is 42.7 Å². The second kappa shape index (κ2) is 14.5. The number of ether oxygens (including phenoxy) is 1. The number of likely N-dealkylation sites (N-methyl/N-ethyl adjacent to an activating group) is 1. The van der Waals surface area contributed by atoms with Crippen LogP contribution in [0.1, 0.15) is 57.1 Å². The number of anilines is 1. The molecule has 3 amide bonds. The van der Waals surface area contributed by atoms with Crippen LogP contribution >= 0.6 is 0 Å². The molecule has 2 heterocycles. The summed E-state index contributed by atoms with van der Waals surface area (Å²) >= 11 is 0. The largest absolute Gasteiger partial charge is 0.488 e. The van der Waals surface area contributed by atoms with Crippen LogP contribution in [0.3, 0.4) is 0 Å². The Labute approximate surface area is 238 Å². The average Bonchev–Trinajstić information content (AvgIpc) is 3.00. The highest BCUT2D eigenvalue weighted by atomic mass is 16.5. The van der Waals surface area contributed by atoms with Gasteiger partial charge < -0.3 is 25.4 Å². The molecule has 9 heteroatoms. The summed E-state index contributed by atoms with van der Waals surface area (Å²) in [5, 5.41) is 15.8. The lowest BCUT2D eigenvalue weighted by atomic mass is 9.89. The standard InChI is InChI=1S/C31H45N5O4/c1-22-18-36(23(2)21-37)30(38)16-26-15-27(34-31(39)33-17-24-7-5-4-6-8-24)9-10-28(26)40-29(22)20-35(3)19-25-11-13-32-14-12-25/h9-15,22-24,29,37H,4-8,16-21H2,1-3H3,(H2,33,34,39)/t22-,23+,29+/m1/s1. The minimum absolute atomic E-state index is 0.0205. The number of nitrogens with one attached hydrogen (secondary N) is 2.